The molecule has 2 heterocycles. The Morgan fingerprint density at radius 1 is 0.419 bits per heavy atom. The minimum atomic E-state index is 0.950. The van der Waals surface area contributed by atoms with E-state index in [9.17, 15) is 0 Å². The molecule has 8 aromatic rings. The summed E-state index contributed by atoms with van der Waals surface area (Å²) in [5.74, 6) is 0. The van der Waals surface area contributed by atoms with Crippen molar-refractivity contribution >= 4 is 32.3 Å². The Morgan fingerprint density at radius 3 is 1.67 bits per heavy atom. The maximum absolute atomic E-state index is 4.84. The quantitative estimate of drug-likeness (QED) is 0.204. The fourth-order valence-electron chi connectivity index (χ4n) is 6.38. The van der Waals surface area contributed by atoms with Gasteiger partial charge in [-0.05, 0) is 85.8 Å². The van der Waals surface area contributed by atoms with Crippen molar-refractivity contribution in [3.05, 3.63) is 158 Å². The molecule has 0 amide bonds. The highest BCUT2D eigenvalue weighted by Crippen LogP contribution is 2.44. The van der Waals surface area contributed by atoms with Crippen LogP contribution in [0.2, 0.25) is 0 Å². The van der Waals surface area contributed by atoms with Crippen LogP contribution in [-0.2, 0) is 0 Å². The molecule has 0 bridgehead atoms. The molecule has 2 heteroatoms. The largest absolute Gasteiger partial charge is 0.264 e. The van der Waals surface area contributed by atoms with E-state index in [1.165, 1.54) is 60.1 Å². The molecular formula is C41H28N2. The number of aryl methyl sites for hydroxylation is 1. The topological polar surface area (TPSA) is 25.8 Å². The lowest BCUT2D eigenvalue weighted by atomic mass is 9.85. The summed E-state index contributed by atoms with van der Waals surface area (Å²) >= 11 is 0. The van der Waals surface area contributed by atoms with Crippen molar-refractivity contribution in [1.29, 1.82) is 0 Å². The highest BCUT2D eigenvalue weighted by molar-refractivity contribution is 6.21. The lowest BCUT2D eigenvalue weighted by molar-refractivity contribution is 1.30. The van der Waals surface area contributed by atoms with Gasteiger partial charge in [-0.3, -0.25) is 9.97 Å². The third-order valence-electron chi connectivity index (χ3n) is 8.42. The number of pyridine rings is 2. The number of hydrogen-bond acceptors (Lipinski definition) is 2. The Hall–Kier alpha value is -5.60. The molecular weight excluding hydrogens is 520 g/mol. The van der Waals surface area contributed by atoms with E-state index in [-0.39, 0.29) is 0 Å². The van der Waals surface area contributed by atoms with E-state index in [1.807, 2.05) is 18.5 Å². The van der Waals surface area contributed by atoms with Gasteiger partial charge in [0.05, 0.1) is 5.69 Å². The average molecular weight is 549 g/mol. The zero-order valence-corrected chi connectivity index (χ0v) is 23.8. The van der Waals surface area contributed by atoms with Gasteiger partial charge < -0.3 is 0 Å². The van der Waals surface area contributed by atoms with Crippen LogP contribution in [0, 0.1) is 6.92 Å². The van der Waals surface area contributed by atoms with Crippen molar-refractivity contribution in [3.63, 3.8) is 0 Å². The van der Waals surface area contributed by atoms with E-state index >= 15 is 0 Å². The van der Waals surface area contributed by atoms with E-state index in [4.69, 9.17) is 4.98 Å². The molecule has 0 aliphatic heterocycles. The van der Waals surface area contributed by atoms with Gasteiger partial charge in [-0.25, -0.2) is 0 Å². The number of hydrogen-bond donors (Lipinski definition) is 0. The Morgan fingerprint density at radius 2 is 1.02 bits per heavy atom. The first kappa shape index (κ1) is 25.1. The Labute approximate surface area is 251 Å². The van der Waals surface area contributed by atoms with Gasteiger partial charge in [-0.1, -0.05) is 115 Å². The molecule has 2 aromatic heterocycles. The molecule has 2 nitrogen and oxygen atoms in total. The van der Waals surface area contributed by atoms with Crippen molar-refractivity contribution in [2.75, 3.05) is 0 Å². The van der Waals surface area contributed by atoms with E-state index in [0.717, 1.165) is 22.4 Å². The van der Waals surface area contributed by atoms with Crippen LogP contribution in [-0.4, -0.2) is 9.97 Å². The molecule has 0 unspecified atom stereocenters. The first-order chi connectivity index (χ1) is 21.2. The predicted octanol–water partition coefficient (Wildman–Crippen LogP) is 10.9. The first-order valence-corrected chi connectivity index (χ1v) is 14.6. The zero-order chi connectivity index (χ0) is 28.8. The molecule has 0 saturated carbocycles. The number of benzene rings is 6. The SMILES string of the molecule is Cc1ccc2ccc(-c3c4ccccc4c(-c4cccc(-c5ccc(-c6cccnc6)cn5)c4)c4ccccc34)cc2c1. The highest BCUT2D eigenvalue weighted by Gasteiger charge is 2.17. The van der Waals surface area contributed by atoms with Crippen molar-refractivity contribution in [1.82, 2.24) is 9.97 Å². The molecule has 0 N–H and O–H groups in total. The summed E-state index contributed by atoms with van der Waals surface area (Å²) in [6, 6.07) is 48.2. The molecule has 202 valence electrons. The van der Waals surface area contributed by atoms with Crippen LogP contribution >= 0.6 is 0 Å². The summed E-state index contributed by atoms with van der Waals surface area (Å²) in [6.07, 6.45) is 5.60. The van der Waals surface area contributed by atoms with Gasteiger partial charge in [0.2, 0.25) is 0 Å². The molecule has 0 spiro atoms. The summed E-state index contributed by atoms with van der Waals surface area (Å²) in [4.78, 5) is 9.09. The third kappa shape index (κ3) is 4.45. The number of nitrogens with zero attached hydrogens (tertiary/aromatic N) is 2. The summed E-state index contributed by atoms with van der Waals surface area (Å²) in [7, 11) is 0. The van der Waals surface area contributed by atoms with Crippen LogP contribution in [0.4, 0.5) is 0 Å². The van der Waals surface area contributed by atoms with E-state index < -0.39 is 0 Å². The van der Waals surface area contributed by atoms with E-state index in [2.05, 4.69) is 139 Å². The highest BCUT2D eigenvalue weighted by atomic mass is 14.7. The van der Waals surface area contributed by atoms with E-state index in [0.29, 0.717) is 0 Å². The third-order valence-corrected chi connectivity index (χ3v) is 8.42. The van der Waals surface area contributed by atoms with Gasteiger partial charge in [0.25, 0.3) is 0 Å². The molecule has 0 aliphatic carbocycles. The standard InChI is InChI=1S/C41H28N2/c1-27-15-16-28-17-18-31(24-34(28)22-27)41-37-13-4-2-11-35(37)40(36-12-3-5-14-38(36)41)30-9-6-8-29(23-30)39-20-19-33(26-43-39)32-10-7-21-42-25-32/h2-26H,1H3. The Bertz CT molecular complexity index is 2230. The van der Waals surface area contributed by atoms with Crippen molar-refractivity contribution in [2.45, 2.75) is 6.92 Å². The molecule has 43 heavy (non-hydrogen) atoms. The first-order valence-electron chi connectivity index (χ1n) is 14.6. The van der Waals surface area contributed by atoms with Crippen LogP contribution in [0.15, 0.2) is 152 Å². The number of aromatic nitrogens is 2. The second-order valence-corrected chi connectivity index (χ2v) is 11.2. The second-order valence-electron chi connectivity index (χ2n) is 11.2. The molecule has 0 aliphatic rings. The monoisotopic (exact) mass is 548 g/mol. The average Bonchev–Trinajstić information content (AvgIpc) is 3.07. The van der Waals surface area contributed by atoms with Crippen molar-refractivity contribution in [2.24, 2.45) is 0 Å². The fourth-order valence-corrected chi connectivity index (χ4v) is 6.38. The number of fused-ring (bicyclic) bond motifs is 3. The molecule has 8 rings (SSSR count). The lowest BCUT2D eigenvalue weighted by Gasteiger charge is -2.18. The van der Waals surface area contributed by atoms with Crippen LogP contribution in [0.1, 0.15) is 5.56 Å². The molecule has 0 atom stereocenters. The van der Waals surface area contributed by atoms with Gasteiger partial charge >= 0.3 is 0 Å². The summed E-state index contributed by atoms with van der Waals surface area (Å²) in [5.41, 5.74) is 10.4. The van der Waals surface area contributed by atoms with E-state index in [1.54, 1.807) is 6.20 Å². The van der Waals surface area contributed by atoms with Crippen LogP contribution in [0.5, 0.6) is 0 Å². The normalized spacial score (nSPS) is 11.4. The lowest BCUT2D eigenvalue weighted by Crippen LogP contribution is -1.92. The van der Waals surface area contributed by atoms with Gasteiger partial charge in [-0.15, -0.1) is 0 Å². The Kier molecular flexibility index (Phi) is 6.05. The molecule has 0 fully saturated rings. The maximum atomic E-state index is 4.84. The zero-order valence-electron chi connectivity index (χ0n) is 23.8. The molecule has 0 saturated heterocycles. The molecule has 0 radical (unpaired) electrons. The minimum absolute atomic E-state index is 0.950. The van der Waals surface area contributed by atoms with Crippen LogP contribution in [0.25, 0.3) is 77.0 Å². The molecule has 6 aromatic carbocycles. The van der Waals surface area contributed by atoms with Gasteiger partial charge in [-0.2, -0.15) is 0 Å². The van der Waals surface area contributed by atoms with Crippen LogP contribution < -0.4 is 0 Å². The van der Waals surface area contributed by atoms with Crippen molar-refractivity contribution < 1.29 is 0 Å². The maximum Gasteiger partial charge on any atom is 0.0702 e. The second kappa shape index (κ2) is 10.3. The van der Waals surface area contributed by atoms with Gasteiger partial charge in [0.1, 0.15) is 0 Å². The van der Waals surface area contributed by atoms with Gasteiger partial charge in [0.15, 0.2) is 0 Å². The van der Waals surface area contributed by atoms with Crippen LogP contribution in [0.3, 0.4) is 0 Å². The smallest absolute Gasteiger partial charge is 0.0702 e. The summed E-state index contributed by atoms with van der Waals surface area (Å²) in [6.45, 7) is 2.16. The number of rotatable bonds is 4. The summed E-state index contributed by atoms with van der Waals surface area (Å²) in [5, 5.41) is 7.54. The predicted molar refractivity (Wildman–Crippen MR) is 181 cm³/mol. The van der Waals surface area contributed by atoms with Gasteiger partial charge in [0, 0.05) is 35.3 Å². The van der Waals surface area contributed by atoms with Crippen molar-refractivity contribution in [3.8, 4) is 44.6 Å². The Balaban J connectivity index is 1.32. The summed E-state index contributed by atoms with van der Waals surface area (Å²) < 4.78 is 0. The minimum Gasteiger partial charge on any atom is -0.264 e. The fraction of sp³-hybridized carbons (Fsp3) is 0.0244.